The fourth-order valence-corrected chi connectivity index (χ4v) is 2.91. The summed E-state index contributed by atoms with van der Waals surface area (Å²) in [5, 5.41) is 10.9. The number of nitrogens with one attached hydrogen (secondary N) is 2. The SMILES string of the molecule is Cc1c(C(F)(F)C(=O)N[C@@H](C)c2cnc(C#N)nc2)c(=O)[nH]c2ccc(F)cc12. The number of aryl methyl sites for hydroxylation is 1. The molecule has 0 fully saturated rings. The van der Waals surface area contributed by atoms with Crippen LogP contribution in [-0.4, -0.2) is 20.9 Å². The fourth-order valence-electron chi connectivity index (χ4n) is 2.91. The van der Waals surface area contributed by atoms with Crippen LogP contribution in [-0.2, 0) is 10.7 Å². The Kier molecular flexibility index (Phi) is 5.07. The van der Waals surface area contributed by atoms with E-state index in [0.29, 0.717) is 5.56 Å². The lowest BCUT2D eigenvalue weighted by Crippen LogP contribution is -2.43. The second-order valence-electron chi connectivity index (χ2n) is 6.37. The number of hydrogen-bond acceptors (Lipinski definition) is 5. The number of benzene rings is 1. The van der Waals surface area contributed by atoms with Crippen LogP contribution in [0.3, 0.4) is 0 Å². The molecular weight excluding hydrogens is 387 g/mol. The molecule has 0 radical (unpaired) electrons. The molecule has 0 bridgehead atoms. The summed E-state index contributed by atoms with van der Waals surface area (Å²) in [7, 11) is 0. The third-order valence-corrected chi connectivity index (χ3v) is 4.45. The van der Waals surface area contributed by atoms with Crippen molar-refractivity contribution in [2.45, 2.75) is 25.8 Å². The minimum absolute atomic E-state index is 0.0700. The van der Waals surface area contributed by atoms with Gasteiger partial charge in [-0.05, 0) is 37.6 Å². The predicted molar refractivity (Wildman–Crippen MR) is 96.5 cm³/mol. The molecule has 0 spiro atoms. The van der Waals surface area contributed by atoms with Crippen molar-refractivity contribution in [1.29, 1.82) is 5.26 Å². The molecule has 148 valence electrons. The molecule has 29 heavy (non-hydrogen) atoms. The van der Waals surface area contributed by atoms with Crippen LogP contribution in [0.4, 0.5) is 13.2 Å². The summed E-state index contributed by atoms with van der Waals surface area (Å²) >= 11 is 0. The first-order valence-corrected chi connectivity index (χ1v) is 8.38. The van der Waals surface area contributed by atoms with Gasteiger partial charge in [0.1, 0.15) is 11.9 Å². The van der Waals surface area contributed by atoms with E-state index in [-0.39, 0.29) is 22.3 Å². The lowest BCUT2D eigenvalue weighted by molar-refractivity contribution is -0.148. The number of amides is 1. The van der Waals surface area contributed by atoms with E-state index in [1.54, 1.807) is 6.07 Å². The van der Waals surface area contributed by atoms with Crippen LogP contribution in [0, 0.1) is 24.1 Å². The molecule has 7 nitrogen and oxygen atoms in total. The number of aromatic amines is 1. The second-order valence-corrected chi connectivity index (χ2v) is 6.37. The largest absolute Gasteiger partial charge is 0.355 e. The number of H-pyrrole nitrogens is 1. The minimum Gasteiger partial charge on any atom is -0.344 e. The second kappa shape index (κ2) is 7.35. The molecule has 1 aromatic carbocycles. The lowest BCUT2D eigenvalue weighted by Gasteiger charge is -2.21. The van der Waals surface area contributed by atoms with Gasteiger partial charge in [0, 0.05) is 28.9 Å². The Morgan fingerprint density at radius 2 is 1.97 bits per heavy atom. The van der Waals surface area contributed by atoms with E-state index in [1.807, 2.05) is 0 Å². The van der Waals surface area contributed by atoms with E-state index in [2.05, 4.69) is 20.3 Å². The molecule has 0 aliphatic carbocycles. The monoisotopic (exact) mass is 401 g/mol. The Morgan fingerprint density at radius 1 is 1.31 bits per heavy atom. The van der Waals surface area contributed by atoms with Gasteiger partial charge in [0.15, 0.2) is 0 Å². The van der Waals surface area contributed by atoms with Gasteiger partial charge in [-0.2, -0.15) is 14.0 Å². The molecule has 3 rings (SSSR count). The highest BCUT2D eigenvalue weighted by molar-refractivity contribution is 5.89. The van der Waals surface area contributed by atoms with E-state index >= 15 is 0 Å². The summed E-state index contributed by atoms with van der Waals surface area (Å²) in [6.45, 7) is 2.65. The Labute approximate surface area is 162 Å². The first-order valence-electron chi connectivity index (χ1n) is 8.38. The maximum absolute atomic E-state index is 14.9. The van der Waals surface area contributed by atoms with Crippen LogP contribution in [0.2, 0.25) is 0 Å². The van der Waals surface area contributed by atoms with Crippen LogP contribution >= 0.6 is 0 Å². The highest BCUT2D eigenvalue weighted by Crippen LogP contribution is 2.32. The third kappa shape index (κ3) is 3.67. The number of halogens is 3. The number of rotatable bonds is 4. The number of carbonyl (C=O) groups excluding carboxylic acids is 1. The van der Waals surface area contributed by atoms with Crippen LogP contribution in [0.1, 0.15) is 35.5 Å². The first-order chi connectivity index (χ1) is 13.6. The van der Waals surface area contributed by atoms with E-state index in [1.165, 1.54) is 32.3 Å². The van der Waals surface area contributed by atoms with Crippen LogP contribution in [0.5, 0.6) is 0 Å². The Balaban J connectivity index is 1.96. The van der Waals surface area contributed by atoms with Crippen molar-refractivity contribution in [1.82, 2.24) is 20.3 Å². The average molecular weight is 401 g/mol. The van der Waals surface area contributed by atoms with Gasteiger partial charge in [-0.25, -0.2) is 14.4 Å². The molecular formula is C19H14F3N5O2. The number of hydrogen-bond donors (Lipinski definition) is 2. The highest BCUT2D eigenvalue weighted by atomic mass is 19.3. The molecule has 3 aromatic rings. The Bertz CT molecular complexity index is 1200. The summed E-state index contributed by atoms with van der Waals surface area (Å²) in [6, 6.07) is 4.15. The number of pyridine rings is 1. The minimum atomic E-state index is -4.18. The molecule has 2 aromatic heterocycles. The highest BCUT2D eigenvalue weighted by Gasteiger charge is 2.45. The molecule has 0 aliphatic heterocycles. The number of carbonyl (C=O) groups is 1. The quantitative estimate of drug-likeness (QED) is 0.698. The summed E-state index contributed by atoms with van der Waals surface area (Å²) < 4.78 is 43.3. The van der Waals surface area contributed by atoms with E-state index in [4.69, 9.17) is 5.26 Å². The van der Waals surface area contributed by atoms with E-state index in [0.717, 1.165) is 12.1 Å². The lowest BCUT2D eigenvalue weighted by atomic mass is 9.99. The number of nitriles is 1. The molecule has 2 N–H and O–H groups in total. The Hall–Kier alpha value is -3.74. The molecule has 1 atom stereocenters. The molecule has 10 heteroatoms. The topological polar surface area (TPSA) is 112 Å². The summed E-state index contributed by atoms with van der Waals surface area (Å²) in [4.78, 5) is 34.2. The number of aromatic nitrogens is 3. The maximum atomic E-state index is 14.9. The summed E-state index contributed by atoms with van der Waals surface area (Å²) in [5.41, 5.74) is -1.93. The van der Waals surface area contributed by atoms with Crippen LogP contribution in [0.15, 0.2) is 35.4 Å². The van der Waals surface area contributed by atoms with Gasteiger partial charge in [0.25, 0.3) is 11.5 Å². The zero-order valence-corrected chi connectivity index (χ0v) is 15.3. The van der Waals surface area contributed by atoms with Gasteiger partial charge < -0.3 is 10.3 Å². The Morgan fingerprint density at radius 3 is 2.59 bits per heavy atom. The average Bonchev–Trinajstić information content (AvgIpc) is 2.68. The third-order valence-electron chi connectivity index (χ3n) is 4.45. The van der Waals surface area contributed by atoms with E-state index < -0.39 is 34.8 Å². The molecule has 0 aliphatic rings. The fraction of sp³-hybridized carbons (Fsp3) is 0.211. The number of nitrogens with zero attached hydrogens (tertiary/aromatic N) is 3. The zero-order chi connectivity index (χ0) is 21.3. The normalized spacial score (nSPS) is 12.4. The maximum Gasteiger partial charge on any atom is 0.355 e. The molecule has 1 amide bonds. The van der Waals surface area contributed by atoms with Crippen LogP contribution < -0.4 is 10.9 Å². The first kappa shape index (κ1) is 20.0. The van der Waals surface area contributed by atoms with Crippen molar-refractivity contribution in [3.63, 3.8) is 0 Å². The van der Waals surface area contributed by atoms with Gasteiger partial charge >= 0.3 is 5.92 Å². The van der Waals surface area contributed by atoms with Gasteiger partial charge in [-0.15, -0.1) is 0 Å². The predicted octanol–water partition coefficient (Wildman–Crippen LogP) is 2.61. The smallest absolute Gasteiger partial charge is 0.344 e. The standard InChI is InChI=1S/C19H14F3N5O2/c1-9-13-5-12(20)3-4-14(13)27-17(28)16(9)19(21,22)18(29)26-10(2)11-7-24-15(6-23)25-8-11/h3-5,7-8,10H,1-2H3,(H,26,29)(H,27,28)/t10-/m0/s1. The summed E-state index contributed by atoms with van der Waals surface area (Å²) in [5.74, 6) is -6.66. The molecule has 2 heterocycles. The van der Waals surface area contributed by atoms with Crippen LogP contribution in [0.25, 0.3) is 10.9 Å². The van der Waals surface area contributed by atoms with Gasteiger partial charge in [0.2, 0.25) is 5.82 Å². The summed E-state index contributed by atoms with van der Waals surface area (Å²) in [6.07, 6.45) is 2.46. The van der Waals surface area contributed by atoms with Crippen molar-refractivity contribution in [3.8, 4) is 6.07 Å². The molecule has 0 saturated heterocycles. The van der Waals surface area contributed by atoms with Crippen molar-refractivity contribution in [2.24, 2.45) is 0 Å². The van der Waals surface area contributed by atoms with Gasteiger partial charge in [-0.1, -0.05) is 0 Å². The zero-order valence-electron chi connectivity index (χ0n) is 15.3. The molecule has 0 unspecified atom stereocenters. The molecule has 0 saturated carbocycles. The van der Waals surface area contributed by atoms with Crippen molar-refractivity contribution in [2.75, 3.05) is 0 Å². The van der Waals surface area contributed by atoms with Crippen molar-refractivity contribution < 1.29 is 18.0 Å². The van der Waals surface area contributed by atoms with Gasteiger partial charge in [0.05, 0.1) is 11.6 Å². The van der Waals surface area contributed by atoms with Crippen molar-refractivity contribution in [3.05, 3.63) is 69.3 Å². The number of fused-ring (bicyclic) bond motifs is 1. The number of alkyl halides is 2. The van der Waals surface area contributed by atoms with Crippen molar-refractivity contribution >= 4 is 16.8 Å². The van der Waals surface area contributed by atoms with Gasteiger partial charge in [-0.3, -0.25) is 9.59 Å². The van der Waals surface area contributed by atoms with E-state index in [9.17, 15) is 22.8 Å².